The van der Waals surface area contributed by atoms with Crippen molar-refractivity contribution < 1.29 is 10.2 Å². The maximum absolute atomic E-state index is 10.6. The monoisotopic (exact) mass is 274 g/mol. The number of fused-ring (bicyclic) bond motifs is 6. The van der Waals surface area contributed by atoms with Gasteiger partial charge >= 0.3 is 0 Å². The van der Waals surface area contributed by atoms with Gasteiger partial charge in [-0.3, -0.25) is 0 Å². The van der Waals surface area contributed by atoms with Crippen molar-refractivity contribution in [3.05, 3.63) is 34.3 Å². The van der Waals surface area contributed by atoms with Crippen molar-refractivity contribution in [2.45, 2.75) is 31.6 Å². The summed E-state index contributed by atoms with van der Waals surface area (Å²) in [4.78, 5) is 0. The Labute approximate surface area is 116 Å². The Morgan fingerprint density at radius 3 is 2.68 bits per heavy atom. The van der Waals surface area contributed by atoms with Crippen LogP contribution < -0.4 is 0 Å². The van der Waals surface area contributed by atoms with E-state index in [-0.39, 0.29) is 5.75 Å². The number of phenols is 2. The van der Waals surface area contributed by atoms with Gasteiger partial charge in [0.25, 0.3) is 0 Å². The Hall–Kier alpha value is -1.41. The molecule has 0 radical (unpaired) electrons. The number of halogens is 1. The Kier molecular flexibility index (Phi) is 2.15. The van der Waals surface area contributed by atoms with Gasteiger partial charge in [0.2, 0.25) is 0 Å². The molecule has 1 saturated carbocycles. The lowest BCUT2D eigenvalue weighted by molar-refractivity contribution is 0.431. The highest BCUT2D eigenvalue weighted by Crippen LogP contribution is 2.62. The maximum atomic E-state index is 10.6. The third-order valence-corrected chi connectivity index (χ3v) is 5.28. The van der Waals surface area contributed by atoms with Gasteiger partial charge in [-0.15, -0.1) is 0 Å². The fourth-order valence-corrected chi connectivity index (χ4v) is 4.44. The number of phenolic OH excluding ortho intramolecular Hbond substituents is 2. The molecule has 2 aliphatic rings. The van der Waals surface area contributed by atoms with Crippen molar-refractivity contribution in [3.8, 4) is 11.5 Å². The van der Waals surface area contributed by atoms with Crippen molar-refractivity contribution in [1.82, 2.24) is 0 Å². The average Bonchev–Trinajstić information content (AvgIpc) is 2.92. The van der Waals surface area contributed by atoms with Crippen molar-refractivity contribution in [1.29, 1.82) is 0 Å². The minimum atomic E-state index is 0.285. The van der Waals surface area contributed by atoms with Crippen LogP contribution in [0, 0.1) is 5.92 Å². The predicted molar refractivity (Wildman–Crippen MR) is 76.2 cm³/mol. The Morgan fingerprint density at radius 1 is 1.11 bits per heavy atom. The fraction of sp³-hybridized carbons (Fsp3) is 0.375. The minimum Gasteiger partial charge on any atom is -0.507 e. The van der Waals surface area contributed by atoms with Crippen LogP contribution in [0.1, 0.15) is 42.7 Å². The largest absolute Gasteiger partial charge is 0.507 e. The number of hydrogen-bond donors (Lipinski definition) is 2. The zero-order chi connectivity index (χ0) is 13.3. The van der Waals surface area contributed by atoms with Gasteiger partial charge in [0.05, 0.1) is 5.02 Å². The summed E-state index contributed by atoms with van der Waals surface area (Å²) < 4.78 is 0. The molecule has 2 aromatic carbocycles. The third kappa shape index (κ3) is 1.28. The van der Waals surface area contributed by atoms with Gasteiger partial charge < -0.3 is 10.2 Å². The van der Waals surface area contributed by atoms with E-state index in [0.29, 0.717) is 39.3 Å². The minimum absolute atomic E-state index is 0.285. The van der Waals surface area contributed by atoms with Crippen molar-refractivity contribution in [2.75, 3.05) is 0 Å². The van der Waals surface area contributed by atoms with Crippen molar-refractivity contribution in [2.24, 2.45) is 5.92 Å². The summed E-state index contributed by atoms with van der Waals surface area (Å²) in [5.41, 5.74) is 1.91. The van der Waals surface area contributed by atoms with Crippen molar-refractivity contribution >= 4 is 22.4 Å². The summed E-state index contributed by atoms with van der Waals surface area (Å²) in [7, 11) is 0. The molecule has 3 atom stereocenters. The molecule has 3 unspecified atom stereocenters. The zero-order valence-electron chi connectivity index (χ0n) is 10.7. The van der Waals surface area contributed by atoms with Crippen LogP contribution in [0.15, 0.2) is 18.2 Å². The van der Waals surface area contributed by atoms with E-state index in [2.05, 4.69) is 6.92 Å². The first-order valence-corrected chi connectivity index (χ1v) is 7.13. The molecule has 4 rings (SSSR count). The van der Waals surface area contributed by atoms with Crippen LogP contribution in [-0.4, -0.2) is 10.2 Å². The normalized spacial score (nSPS) is 28.0. The Morgan fingerprint density at radius 2 is 1.89 bits per heavy atom. The second-order valence-electron chi connectivity index (χ2n) is 5.94. The first-order valence-electron chi connectivity index (χ1n) is 6.75. The van der Waals surface area contributed by atoms with Gasteiger partial charge in [-0.05, 0) is 36.7 Å². The number of rotatable bonds is 0. The lowest BCUT2D eigenvalue weighted by atomic mass is 9.82. The lowest BCUT2D eigenvalue weighted by Gasteiger charge is -2.24. The van der Waals surface area contributed by atoms with Gasteiger partial charge in [-0.25, -0.2) is 0 Å². The van der Waals surface area contributed by atoms with Crippen LogP contribution in [0.2, 0.25) is 5.02 Å². The number of benzene rings is 2. The smallest absolute Gasteiger partial charge is 0.128 e. The Bertz CT molecular complexity index is 708. The first kappa shape index (κ1) is 11.4. The molecule has 3 heteroatoms. The van der Waals surface area contributed by atoms with E-state index in [4.69, 9.17) is 11.6 Å². The van der Waals surface area contributed by atoms with Crippen LogP contribution >= 0.6 is 11.6 Å². The second-order valence-corrected chi connectivity index (χ2v) is 6.35. The van der Waals surface area contributed by atoms with Crippen LogP contribution in [0.25, 0.3) is 10.8 Å². The van der Waals surface area contributed by atoms with Crippen LogP contribution in [0.5, 0.6) is 11.5 Å². The molecule has 0 saturated heterocycles. The zero-order valence-corrected chi connectivity index (χ0v) is 11.4. The summed E-state index contributed by atoms with van der Waals surface area (Å²) in [5.74, 6) is 1.95. The molecule has 2 bridgehead atoms. The highest BCUT2D eigenvalue weighted by molar-refractivity contribution is 6.36. The average molecular weight is 275 g/mol. The molecule has 2 N–H and O–H groups in total. The fourth-order valence-electron chi connectivity index (χ4n) is 4.17. The van der Waals surface area contributed by atoms with Gasteiger partial charge in [-0.2, -0.15) is 0 Å². The standard InChI is InChI=1S/C16H15ClO2/c1-7-5-8-6-10(7)14-12(8)16(19)13-9(15(14)18)3-2-4-11(13)17/h2-4,7-8,10,18-19H,5-6H2,1H3. The molecule has 2 nitrogen and oxygen atoms in total. The summed E-state index contributed by atoms with van der Waals surface area (Å²) in [5, 5.41) is 22.9. The van der Waals surface area contributed by atoms with E-state index in [0.717, 1.165) is 24.0 Å². The summed E-state index contributed by atoms with van der Waals surface area (Å²) in [6, 6.07) is 5.39. The van der Waals surface area contributed by atoms with Crippen LogP contribution in [-0.2, 0) is 0 Å². The van der Waals surface area contributed by atoms with Gasteiger partial charge in [0.1, 0.15) is 11.5 Å². The van der Waals surface area contributed by atoms with Crippen LogP contribution in [0.3, 0.4) is 0 Å². The number of hydrogen-bond acceptors (Lipinski definition) is 2. The quantitative estimate of drug-likeness (QED) is 0.694. The maximum Gasteiger partial charge on any atom is 0.128 e. The molecule has 0 aromatic heterocycles. The molecular weight excluding hydrogens is 260 g/mol. The highest BCUT2D eigenvalue weighted by Gasteiger charge is 2.45. The SMILES string of the molecule is CC1CC2CC1c1c2c(O)c2c(Cl)cccc2c1O. The molecule has 2 aliphatic carbocycles. The van der Waals surface area contributed by atoms with Crippen LogP contribution in [0.4, 0.5) is 0 Å². The first-order chi connectivity index (χ1) is 9.09. The van der Waals surface area contributed by atoms with E-state index in [1.165, 1.54) is 0 Å². The molecule has 0 spiro atoms. The van der Waals surface area contributed by atoms with E-state index < -0.39 is 0 Å². The molecule has 0 amide bonds. The molecule has 2 aromatic rings. The molecular formula is C16H15ClO2. The van der Waals surface area contributed by atoms with E-state index in [1.54, 1.807) is 6.07 Å². The summed E-state index contributed by atoms with van der Waals surface area (Å²) in [6.07, 6.45) is 2.15. The molecule has 98 valence electrons. The van der Waals surface area contributed by atoms with Crippen molar-refractivity contribution in [3.63, 3.8) is 0 Å². The topological polar surface area (TPSA) is 40.5 Å². The molecule has 0 aliphatic heterocycles. The van der Waals surface area contributed by atoms with Gasteiger partial charge in [0.15, 0.2) is 0 Å². The summed E-state index contributed by atoms with van der Waals surface area (Å²) >= 11 is 6.20. The van der Waals surface area contributed by atoms with E-state index in [1.807, 2.05) is 12.1 Å². The third-order valence-electron chi connectivity index (χ3n) is 4.97. The predicted octanol–water partition coefficient (Wildman–Crippen LogP) is 4.52. The Balaban J connectivity index is 2.16. The molecule has 0 heterocycles. The van der Waals surface area contributed by atoms with Gasteiger partial charge in [0, 0.05) is 21.9 Å². The number of aromatic hydroxyl groups is 2. The van der Waals surface area contributed by atoms with E-state index >= 15 is 0 Å². The van der Waals surface area contributed by atoms with E-state index in [9.17, 15) is 10.2 Å². The summed E-state index contributed by atoms with van der Waals surface area (Å²) in [6.45, 7) is 2.23. The highest BCUT2D eigenvalue weighted by atomic mass is 35.5. The van der Waals surface area contributed by atoms with Gasteiger partial charge in [-0.1, -0.05) is 30.7 Å². The molecule has 1 fully saturated rings. The molecule has 19 heavy (non-hydrogen) atoms. The lowest BCUT2D eigenvalue weighted by Crippen LogP contribution is -2.08. The second kappa shape index (κ2) is 3.57.